The van der Waals surface area contributed by atoms with Crippen molar-refractivity contribution in [2.75, 3.05) is 12.3 Å². The molecular weight excluding hydrogens is 309 g/mol. The van der Waals surface area contributed by atoms with Gasteiger partial charge in [0, 0.05) is 10.1 Å². The molecule has 2 nitrogen and oxygen atoms in total. The monoisotopic (exact) mass is 319 g/mol. The van der Waals surface area contributed by atoms with E-state index in [2.05, 4.69) is 34.0 Å². The molecule has 2 aromatic rings. The minimum atomic E-state index is 0.649. The van der Waals surface area contributed by atoms with Crippen molar-refractivity contribution in [1.29, 1.82) is 0 Å². The van der Waals surface area contributed by atoms with E-state index in [1.807, 2.05) is 13.0 Å². The molecule has 0 aliphatic carbocycles. The maximum atomic E-state index is 5.91. The zero-order chi connectivity index (χ0) is 10.1. The van der Waals surface area contributed by atoms with Crippen molar-refractivity contribution in [3.05, 3.63) is 21.1 Å². The first kappa shape index (κ1) is 10.0. The Labute approximate surface area is 100 Å². The summed E-state index contributed by atoms with van der Waals surface area (Å²) in [4.78, 5) is 0. The van der Waals surface area contributed by atoms with Gasteiger partial charge >= 0.3 is 0 Å². The number of nitrogen functional groups attached to an aromatic ring is 1. The molecule has 0 amide bonds. The molecule has 14 heavy (non-hydrogen) atoms. The summed E-state index contributed by atoms with van der Waals surface area (Å²) in [7, 11) is 0. The van der Waals surface area contributed by atoms with Gasteiger partial charge in [0.25, 0.3) is 0 Å². The lowest BCUT2D eigenvalue weighted by molar-refractivity contribution is 0.340. The number of nitrogens with two attached hydrogens (primary N) is 1. The Morgan fingerprint density at radius 2 is 2.36 bits per heavy atom. The minimum absolute atomic E-state index is 0.649. The average Bonchev–Trinajstić information content (AvgIpc) is 2.60. The standard InChI is InChI=1S/C10H10INOS/c1-2-13-10-7(12)5-8-6(9(10)11)3-4-14-8/h3-5H,2,12H2,1H3. The Morgan fingerprint density at radius 1 is 1.57 bits per heavy atom. The molecule has 1 aromatic carbocycles. The molecule has 0 bridgehead atoms. The molecule has 74 valence electrons. The maximum Gasteiger partial charge on any atom is 0.156 e. The second-order valence-corrected chi connectivity index (χ2v) is 4.90. The lowest BCUT2D eigenvalue weighted by Crippen LogP contribution is -1.99. The highest BCUT2D eigenvalue weighted by atomic mass is 127. The Balaban J connectivity index is 2.69. The van der Waals surface area contributed by atoms with Gasteiger partial charge in [-0.25, -0.2) is 0 Å². The van der Waals surface area contributed by atoms with Gasteiger partial charge in [-0.05, 0) is 47.0 Å². The van der Waals surface area contributed by atoms with Crippen LogP contribution in [0.2, 0.25) is 0 Å². The number of thiophene rings is 1. The molecular formula is C10H10INOS. The van der Waals surface area contributed by atoms with Crippen molar-refractivity contribution in [2.24, 2.45) is 0 Å². The van der Waals surface area contributed by atoms with Crippen LogP contribution in [0.25, 0.3) is 10.1 Å². The Morgan fingerprint density at radius 3 is 3.07 bits per heavy atom. The lowest BCUT2D eigenvalue weighted by atomic mass is 10.2. The van der Waals surface area contributed by atoms with Crippen LogP contribution in [-0.4, -0.2) is 6.61 Å². The number of anilines is 1. The average molecular weight is 319 g/mol. The summed E-state index contributed by atoms with van der Waals surface area (Å²) in [5.74, 6) is 0.819. The van der Waals surface area contributed by atoms with E-state index in [9.17, 15) is 0 Å². The molecule has 0 unspecified atom stereocenters. The quantitative estimate of drug-likeness (QED) is 0.679. The fourth-order valence-corrected chi connectivity index (χ4v) is 3.32. The van der Waals surface area contributed by atoms with Gasteiger partial charge in [-0.2, -0.15) is 0 Å². The third-order valence-corrected chi connectivity index (χ3v) is 3.90. The minimum Gasteiger partial charge on any atom is -0.491 e. The molecule has 1 aromatic heterocycles. The Kier molecular flexibility index (Phi) is 2.83. The number of rotatable bonds is 2. The topological polar surface area (TPSA) is 35.2 Å². The largest absolute Gasteiger partial charge is 0.491 e. The molecule has 1 heterocycles. The highest BCUT2D eigenvalue weighted by Gasteiger charge is 2.10. The summed E-state index contributed by atoms with van der Waals surface area (Å²) in [6, 6.07) is 4.08. The van der Waals surface area contributed by atoms with E-state index in [1.54, 1.807) is 11.3 Å². The van der Waals surface area contributed by atoms with E-state index in [-0.39, 0.29) is 0 Å². The van der Waals surface area contributed by atoms with E-state index in [4.69, 9.17) is 10.5 Å². The molecule has 0 spiro atoms. The van der Waals surface area contributed by atoms with Crippen molar-refractivity contribution in [3.8, 4) is 5.75 Å². The molecule has 0 atom stereocenters. The predicted molar refractivity (Wildman–Crippen MR) is 70.1 cm³/mol. The number of halogens is 1. The van der Waals surface area contributed by atoms with Crippen LogP contribution in [0.4, 0.5) is 5.69 Å². The van der Waals surface area contributed by atoms with Crippen LogP contribution in [0.15, 0.2) is 17.5 Å². The smallest absolute Gasteiger partial charge is 0.156 e. The normalized spacial score (nSPS) is 10.7. The van der Waals surface area contributed by atoms with E-state index in [1.165, 1.54) is 10.1 Å². The van der Waals surface area contributed by atoms with E-state index in [0.717, 1.165) is 15.0 Å². The SMILES string of the molecule is CCOc1c(N)cc2sccc2c1I. The van der Waals surface area contributed by atoms with Crippen LogP contribution < -0.4 is 10.5 Å². The predicted octanol–water partition coefficient (Wildman–Crippen LogP) is 3.49. The summed E-state index contributed by atoms with van der Waals surface area (Å²) >= 11 is 3.99. The molecule has 0 radical (unpaired) electrons. The molecule has 0 aliphatic heterocycles. The Hall–Kier alpha value is -0.490. The van der Waals surface area contributed by atoms with Gasteiger partial charge in [-0.15, -0.1) is 11.3 Å². The van der Waals surface area contributed by atoms with Gasteiger partial charge in [0.1, 0.15) is 0 Å². The number of ether oxygens (including phenoxy) is 1. The van der Waals surface area contributed by atoms with Crippen molar-refractivity contribution in [3.63, 3.8) is 0 Å². The van der Waals surface area contributed by atoms with Gasteiger partial charge in [0.2, 0.25) is 0 Å². The van der Waals surface area contributed by atoms with Crippen LogP contribution in [0.1, 0.15) is 6.92 Å². The molecule has 2 rings (SSSR count). The third kappa shape index (κ3) is 1.56. The highest BCUT2D eigenvalue weighted by molar-refractivity contribution is 14.1. The summed E-state index contributed by atoms with van der Waals surface area (Å²) < 4.78 is 7.85. The molecule has 0 aliphatic rings. The first-order valence-electron chi connectivity index (χ1n) is 4.32. The van der Waals surface area contributed by atoms with E-state index >= 15 is 0 Å². The van der Waals surface area contributed by atoms with Crippen LogP contribution in [0, 0.1) is 3.57 Å². The van der Waals surface area contributed by atoms with Gasteiger partial charge in [0.15, 0.2) is 5.75 Å². The zero-order valence-corrected chi connectivity index (χ0v) is 10.7. The van der Waals surface area contributed by atoms with Gasteiger partial charge in [-0.3, -0.25) is 0 Å². The van der Waals surface area contributed by atoms with Crippen LogP contribution in [0.5, 0.6) is 5.75 Å². The number of fused-ring (bicyclic) bond motifs is 1. The van der Waals surface area contributed by atoms with E-state index in [0.29, 0.717) is 6.61 Å². The molecule has 0 saturated carbocycles. The molecule has 0 fully saturated rings. The van der Waals surface area contributed by atoms with Crippen molar-refractivity contribution >= 4 is 49.7 Å². The molecule has 2 N–H and O–H groups in total. The van der Waals surface area contributed by atoms with Crippen molar-refractivity contribution < 1.29 is 4.74 Å². The van der Waals surface area contributed by atoms with Gasteiger partial charge in [-0.1, -0.05) is 0 Å². The number of hydrogen-bond acceptors (Lipinski definition) is 3. The van der Waals surface area contributed by atoms with Gasteiger partial charge in [0.05, 0.1) is 15.9 Å². The van der Waals surface area contributed by atoms with Crippen molar-refractivity contribution in [2.45, 2.75) is 6.92 Å². The zero-order valence-electron chi connectivity index (χ0n) is 7.71. The molecule has 0 saturated heterocycles. The number of hydrogen-bond donors (Lipinski definition) is 1. The Bertz CT molecular complexity index is 466. The number of benzene rings is 1. The second-order valence-electron chi connectivity index (χ2n) is 2.87. The first-order chi connectivity index (χ1) is 6.74. The lowest BCUT2D eigenvalue weighted by Gasteiger charge is -2.09. The fraction of sp³-hybridized carbons (Fsp3) is 0.200. The first-order valence-corrected chi connectivity index (χ1v) is 6.28. The highest BCUT2D eigenvalue weighted by Crippen LogP contribution is 2.37. The van der Waals surface area contributed by atoms with Crippen molar-refractivity contribution in [1.82, 2.24) is 0 Å². The van der Waals surface area contributed by atoms with E-state index < -0.39 is 0 Å². The maximum absolute atomic E-state index is 5.91. The third-order valence-electron chi connectivity index (χ3n) is 1.97. The van der Waals surface area contributed by atoms with Gasteiger partial charge < -0.3 is 10.5 Å². The summed E-state index contributed by atoms with van der Waals surface area (Å²) in [5, 5.41) is 3.30. The van der Waals surface area contributed by atoms with Crippen LogP contribution in [-0.2, 0) is 0 Å². The fourth-order valence-electron chi connectivity index (χ4n) is 1.36. The second kappa shape index (κ2) is 3.94. The molecule has 4 heteroatoms. The summed E-state index contributed by atoms with van der Waals surface area (Å²) in [6.45, 7) is 2.61. The summed E-state index contributed by atoms with van der Waals surface area (Å²) in [6.07, 6.45) is 0. The van der Waals surface area contributed by atoms with Crippen LogP contribution >= 0.6 is 33.9 Å². The summed E-state index contributed by atoms with van der Waals surface area (Å²) in [5.41, 5.74) is 6.64. The van der Waals surface area contributed by atoms with Crippen LogP contribution in [0.3, 0.4) is 0 Å².